The number of rotatable bonds is 4. The van der Waals surface area contributed by atoms with Gasteiger partial charge in [0.15, 0.2) is 0 Å². The van der Waals surface area contributed by atoms with Gasteiger partial charge in [-0.3, -0.25) is 9.88 Å². The molecule has 2 aromatic rings. The smallest absolute Gasteiger partial charge is 0.247 e. The van der Waals surface area contributed by atoms with Crippen LogP contribution in [0.25, 0.3) is 10.9 Å². The van der Waals surface area contributed by atoms with E-state index in [-0.39, 0.29) is 6.04 Å². The normalized spacial score (nSPS) is 21.5. The lowest BCUT2D eigenvalue weighted by atomic mass is 9.95. The molecule has 0 saturated carbocycles. The zero-order chi connectivity index (χ0) is 17.3. The van der Waals surface area contributed by atoms with Crippen molar-refractivity contribution in [1.82, 2.24) is 9.88 Å². The molecule has 1 aliphatic rings. The van der Waals surface area contributed by atoms with Crippen molar-refractivity contribution in [2.75, 3.05) is 38.8 Å². The minimum absolute atomic E-state index is 0.00134. The Morgan fingerprint density at radius 2 is 2.12 bits per heavy atom. The van der Waals surface area contributed by atoms with E-state index in [1.807, 2.05) is 43.3 Å². The van der Waals surface area contributed by atoms with E-state index in [0.717, 1.165) is 36.1 Å². The predicted octanol–water partition coefficient (Wildman–Crippen LogP) is 3.40. The molecular formula is C18H24ClN4O+. The van der Waals surface area contributed by atoms with Crippen LogP contribution in [-0.2, 0) is 0 Å². The number of benzene rings is 1. The third-order valence-electron chi connectivity index (χ3n) is 4.51. The molecular weight excluding hydrogens is 324 g/mol. The molecule has 1 aromatic heterocycles. The molecule has 2 heterocycles. The van der Waals surface area contributed by atoms with Crippen LogP contribution in [0.15, 0.2) is 30.5 Å². The highest BCUT2D eigenvalue weighted by Crippen LogP contribution is 2.33. The van der Waals surface area contributed by atoms with Crippen LogP contribution in [0.2, 0.25) is 5.02 Å². The quantitative estimate of drug-likeness (QED) is 0.627. The molecule has 128 valence electrons. The topological polar surface area (TPSA) is 39.5 Å². The molecule has 3 rings (SSSR count). The molecule has 0 amide bonds. The highest BCUT2D eigenvalue weighted by Gasteiger charge is 2.35. The fourth-order valence-electron chi connectivity index (χ4n) is 3.52. The molecule has 2 atom stereocenters. The Bertz CT molecular complexity index is 749. The molecule has 6 heteroatoms. The number of piperidine rings is 1. The fraction of sp³-hybridized carbons (Fsp3) is 0.500. The van der Waals surface area contributed by atoms with Crippen molar-refractivity contribution in [2.24, 2.45) is 5.92 Å². The summed E-state index contributed by atoms with van der Waals surface area (Å²) in [5, 5.41) is 1.71. The van der Waals surface area contributed by atoms with Crippen molar-refractivity contribution in [1.29, 1.82) is 0 Å². The lowest BCUT2D eigenvalue weighted by Gasteiger charge is -2.35. The highest BCUT2D eigenvalue weighted by molar-refractivity contribution is 6.35. The van der Waals surface area contributed by atoms with Gasteiger partial charge in [0.05, 0.1) is 17.1 Å². The number of anilines is 1. The molecule has 0 radical (unpaired) electrons. The van der Waals surface area contributed by atoms with Gasteiger partial charge in [0.1, 0.15) is 0 Å². The fourth-order valence-corrected chi connectivity index (χ4v) is 3.73. The Kier molecular flexibility index (Phi) is 5.01. The Hall–Kier alpha value is -1.72. The Morgan fingerprint density at radius 1 is 1.33 bits per heavy atom. The lowest BCUT2D eigenvalue weighted by molar-refractivity contribution is -0.602. The predicted molar refractivity (Wildman–Crippen MR) is 98.7 cm³/mol. The maximum atomic E-state index is 12.5. The number of pyridine rings is 1. The van der Waals surface area contributed by atoms with E-state index in [1.54, 1.807) is 6.20 Å². The van der Waals surface area contributed by atoms with Crippen LogP contribution in [0.5, 0.6) is 0 Å². The molecule has 5 nitrogen and oxygen atoms in total. The number of hydrogen-bond donors (Lipinski definition) is 0. The van der Waals surface area contributed by atoms with E-state index >= 15 is 0 Å². The largest absolute Gasteiger partial charge is 0.364 e. The minimum atomic E-state index is -0.00134. The molecule has 1 saturated heterocycles. The molecule has 1 aromatic carbocycles. The van der Waals surface area contributed by atoms with Crippen LogP contribution in [0.4, 0.5) is 5.69 Å². The first-order valence-electron chi connectivity index (χ1n) is 8.32. The van der Waals surface area contributed by atoms with E-state index < -0.39 is 0 Å². The van der Waals surface area contributed by atoms with Crippen molar-refractivity contribution in [3.05, 3.63) is 40.4 Å². The van der Waals surface area contributed by atoms with Gasteiger partial charge in [0.25, 0.3) is 0 Å². The number of nitroso groups, excluding NO2 is 1. The molecule has 0 N–H and O–H groups in total. The Balaban J connectivity index is 1.92. The van der Waals surface area contributed by atoms with E-state index in [4.69, 9.17) is 11.6 Å². The third kappa shape index (κ3) is 3.52. The number of nitrogens with zero attached hydrogens (tertiary/aromatic N) is 4. The maximum absolute atomic E-state index is 12.5. The summed E-state index contributed by atoms with van der Waals surface area (Å²) >= 11 is 6.29. The van der Waals surface area contributed by atoms with Gasteiger partial charge in [-0.1, -0.05) is 18.5 Å². The summed E-state index contributed by atoms with van der Waals surface area (Å²) in [6.45, 7) is 4.30. The van der Waals surface area contributed by atoms with Gasteiger partial charge in [-0.05, 0) is 44.3 Å². The Morgan fingerprint density at radius 3 is 2.88 bits per heavy atom. The monoisotopic (exact) mass is 347 g/mol. The van der Waals surface area contributed by atoms with Crippen LogP contribution >= 0.6 is 11.6 Å². The number of halogens is 1. The first kappa shape index (κ1) is 17.1. The van der Waals surface area contributed by atoms with Crippen molar-refractivity contribution in [2.45, 2.75) is 19.4 Å². The zero-order valence-corrected chi connectivity index (χ0v) is 15.2. The van der Waals surface area contributed by atoms with Crippen molar-refractivity contribution >= 4 is 28.2 Å². The first-order chi connectivity index (χ1) is 11.5. The average Bonchev–Trinajstić information content (AvgIpc) is 2.54. The lowest BCUT2D eigenvalue weighted by Crippen LogP contribution is -2.48. The second kappa shape index (κ2) is 7.03. The number of hydrogen-bond acceptors (Lipinski definition) is 4. The zero-order valence-electron chi connectivity index (χ0n) is 14.4. The summed E-state index contributed by atoms with van der Waals surface area (Å²) in [5.74, 6) is 0.463. The second-order valence-electron chi connectivity index (χ2n) is 7.00. The van der Waals surface area contributed by atoms with Crippen LogP contribution in [0.1, 0.15) is 13.3 Å². The molecule has 1 aliphatic heterocycles. The summed E-state index contributed by atoms with van der Waals surface area (Å²) < 4.78 is 1.21. The molecule has 0 unspecified atom stereocenters. The van der Waals surface area contributed by atoms with Crippen molar-refractivity contribution in [3.63, 3.8) is 0 Å². The number of fused-ring (bicyclic) bond motifs is 1. The molecule has 0 spiro atoms. The second-order valence-corrected chi connectivity index (χ2v) is 7.41. The summed E-state index contributed by atoms with van der Waals surface area (Å²) in [6, 6.07) is 7.92. The SMILES string of the molecule is C[C@H]1C[C@@H]([N+](=O)CN(C)C)CN(c2ccc(Cl)c3ncccc23)C1. The maximum Gasteiger partial charge on any atom is 0.247 e. The molecule has 0 bridgehead atoms. The van der Waals surface area contributed by atoms with E-state index in [0.29, 0.717) is 17.6 Å². The molecule has 0 aliphatic carbocycles. The summed E-state index contributed by atoms with van der Waals surface area (Å²) in [6.07, 6.45) is 2.69. The van der Waals surface area contributed by atoms with Gasteiger partial charge in [-0.2, -0.15) is 0 Å². The summed E-state index contributed by atoms with van der Waals surface area (Å²) in [4.78, 5) is 21.1. The standard InChI is InChI=1S/C18H24ClN4O/c1-13-9-14(23(24)12-21(2)3)11-22(10-13)17-7-6-16(19)18-15(17)5-4-8-20-18/h4-8,13-14H,9-12H2,1-3H3/q+1/t13-,14+/m0/s1. The Labute approximate surface area is 147 Å². The highest BCUT2D eigenvalue weighted by atomic mass is 35.5. The van der Waals surface area contributed by atoms with Gasteiger partial charge in [-0.25, -0.2) is 0 Å². The molecule has 24 heavy (non-hydrogen) atoms. The van der Waals surface area contributed by atoms with E-state index in [2.05, 4.69) is 16.8 Å². The van der Waals surface area contributed by atoms with Crippen LogP contribution < -0.4 is 4.90 Å². The van der Waals surface area contributed by atoms with Crippen LogP contribution in [-0.4, -0.2) is 54.5 Å². The van der Waals surface area contributed by atoms with E-state index in [1.165, 1.54) is 4.76 Å². The van der Waals surface area contributed by atoms with Crippen molar-refractivity contribution in [3.8, 4) is 0 Å². The van der Waals surface area contributed by atoms with Crippen LogP contribution in [0.3, 0.4) is 0 Å². The van der Waals surface area contributed by atoms with Gasteiger partial charge in [0, 0.05) is 39.9 Å². The van der Waals surface area contributed by atoms with Crippen molar-refractivity contribution < 1.29 is 4.76 Å². The summed E-state index contributed by atoms with van der Waals surface area (Å²) in [5.41, 5.74) is 1.93. The van der Waals surface area contributed by atoms with Gasteiger partial charge < -0.3 is 4.90 Å². The van der Waals surface area contributed by atoms with Gasteiger partial charge in [0.2, 0.25) is 12.7 Å². The minimum Gasteiger partial charge on any atom is -0.364 e. The average molecular weight is 348 g/mol. The third-order valence-corrected chi connectivity index (χ3v) is 4.81. The van der Waals surface area contributed by atoms with E-state index in [9.17, 15) is 4.91 Å². The van der Waals surface area contributed by atoms with Crippen LogP contribution in [0, 0.1) is 10.8 Å². The number of aromatic nitrogens is 1. The summed E-state index contributed by atoms with van der Waals surface area (Å²) in [7, 11) is 3.85. The van der Waals surface area contributed by atoms with Gasteiger partial charge >= 0.3 is 0 Å². The van der Waals surface area contributed by atoms with Gasteiger partial charge in [-0.15, -0.1) is 0 Å². The first-order valence-corrected chi connectivity index (χ1v) is 8.70. The molecule has 1 fully saturated rings.